The molecule has 4 N–H and O–H groups in total. The molecule has 0 radical (unpaired) electrons. The Morgan fingerprint density at radius 3 is 2.14 bits per heavy atom. The van der Waals surface area contributed by atoms with Gasteiger partial charge in [-0.2, -0.15) is 23.5 Å². The zero-order valence-electron chi connectivity index (χ0n) is 30.0. The molecule has 4 atom stereocenters. The summed E-state index contributed by atoms with van der Waals surface area (Å²) in [6.45, 7) is 7.73. The summed E-state index contributed by atoms with van der Waals surface area (Å²) < 4.78 is 0. The highest BCUT2D eigenvalue weighted by Crippen LogP contribution is 2.21. The summed E-state index contributed by atoms with van der Waals surface area (Å²) in [6, 6.07) is 3.56. The van der Waals surface area contributed by atoms with Crippen molar-refractivity contribution in [3.05, 3.63) is 29.3 Å². The van der Waals surface area contributed by atoms with Gasteiger partial charge in [-0.15, -0.1) is 0 Å². The van der Waals surface area contributed by atoms with Crippen molar-refractivity contribution >= 4 is 70.3 Å². The van der Waals surface area contributed by atoms with Gasteiger partial charge in [0, 0.05) is 54.1 Å². The minimum Gasteiger partial charge on any atom is -0.480 e. The standard InChI is InChI=1S/C36H54N4O8S2/c1-6-26(23(3)41)19-49-21-30(43)17-25-15-28(18-29(16-25)39-33(44)22-50-20-27(7-2)24(4)42)34(45)38-13-9-8-11-31(37-5)35(46)40-14-10-12-32(40)36(47)48/h15-16,18,26-27,31-32,37H,6-14,17,19-22H2,1-5H3,(H,38,45)(H,39,44)(H,47,48)/t26-,27-,31-,32-/m0/s1. The molecule has 1 fully saturated rings. The van der Waals surface area contributed by atoms with Gasteiger partial charge < -0.3 is 26.0 Å². The number of likely N-dealkylation sites (tertiary alicyclic amines) is 1. The minimum atomic E-state index is -0.994. The first kappa shape index (κ1) is 42.9. The number of anilines is 1. The monoisotopic (exact) mass is 734 g/mol. The fourth-order valence-corrected chi connectivity index (χ4v) is 8.12. The predicted molar refractivity (Wildman–Crippen MR) is 199 cm³/mol. The van der Waals surface area contributed by atoms with Gasteiger partial charge in [-0.05, 0) is 89.6 Å². The second-order valence-electron chi connectivity index (χ2n) is 12.8. The first-order chi connectivity index (χ1) is 23.8. The molecule has 12 nitrogen and oxygen atoms in total. The number of unbranched alkanes of at least 4 members (excludes halogenated alkanes) is 1. The van der Waals surface area contributed by atoms with Crippen LogP contribution in [0.5, 0.6) is 0 Å². The number of rotatable bonds is 24. The molecule has 0 unspecified atom stereocenters. The lowest BCUT2D eigenvalue weighted by molar-refractivity contribution is -0.149. The summed E-state index contributed by atoms with van der Waals surface area (Å²) in [5.41, 5.74) is 1.24. The molecule has 0 saturated carbocycles. The van der Waals surface area contributed by atoms with Crippen LogP contribution in [0.4, 0.5) is 5.69 Å². The number of benzene rings is 1. The number of hydrogen-bond acceptors (Lipinski definition) is 10. The van der Waals surface area contributed by atoms with E-state index in [0.717, 1.165) is 0 Å². The van der Waals surface area contributed by atoms with Gasteiger partial charge in [-0.3, -0.25) is 28.8 Å². The first-order valence-corrected chi connectivity index (χ1v) is 19.7. The maximum atomic E-state index is 13.2. The Labute approximate surface area is 304 Å². The van der Waals surface area contributed by atoms with Crippen LogP contribution in [-0.4, -0.2) is 106 Å². The minimum absolute atomic E-state index is 0.0541. The highest BCUT2D eigenvalue weighted by molar-refractivity contribution is 8.00. The maximum absolute atomic E-state index is 13.2. The Kier molecular flexibility index (Phi) is 19.4. The van der Waals surface area contributed by atoms with Crippen LogP contribution in [0.3, 0.4) is 0 Å². The number of aliphatic carboxylic acids is 1. The quantitative estimate of drug-likeness (QED) is 0.113. The molecule has 0 aliphatic carbocycles. The van der Waals surface area contributed by atoms with Crippen molar-refractivity contribution < 1.29 is 38.7 Å². The molecule has 50 heavy (non-hydrogen) atoms. The molecule has 1 heterocycles. The number of thioether (sulfide) groups is 2. The molecule has 1 saturated heterocycles. The van der Waals surface area contributed by atoms with Crippen LogP contribution >= 0.6 is 23.5 Å². The van der Waals surface area contributed by atoms with Gasteiger partial charge in [-0.25, -0.2) is 4.79 Å². The van der Waals surface area contributed by atoms with Crippen molar-refractivity contribution in [2.75, 3.05) is 48.5 Å². The van der Waals surface area contributed by atoms with E-state index in [-0.39, 0.29) is 70.4 Å². The molecular formula is C36H54N4O8S2. The topological polar surface area (TPSA) is 179 Å². The molecule has 1 aliphatic heterocycles. The molecule has 1 aromatic rings. The van der Waals surface area contributed by atoms with E-state index in [2.05, 4.69) is 16.0 Å². The van der Waals surface area contributed by atoms with Crippen LogP contribution in [0.15, 0.2) is 18.2 Å². The third-order valence-corrected chi connectivity index (χ3v) is 11.2. The lowest BCUT2D eigenvalue weighted by atomic mass is 10.0. The summed E-state index contributed by atoms with van der Waals surface area (Å²) >= 11 is 2.78. The number of carbonyl (C=O) groups excluding carboxylic acids is 6. The van der Waals surface area contributed by atoms with Gasteiger partial charge in [0.15, 0.2) is 0 Å². The molecular weight excluding hydrogens is 681 g/mol. The van der Waals surface area contributed by atoms with Crippen molar-refractivity contribution in [2.24, 2.45) is 11.8 Å². The number of carbonyl (C=O) groups is 7. The molecule has 1 aliphatic rings. The fraction of sp³-hybridized carbons (Fsp3) is 0.639. The van der Waals surface area contributed by atoms with Crippen LogP contribution in [0.2, 0.25) is 0 Å². The Morgan fingerprint density at radius 1 is 0.920 bits per heavy atom. The predicted octanol–water partition coefficient (Wildman–Crippen LogP) is 4.00. The lowest BCUT2D eigenvalue weighted by Gasteiger charge is -2.26. The number of carboxylic acid groups (broad SMARTS) is 1. The van der Waals surface area contributed by atoms with Gasteiger partial charge in [0.25, 0.3) is 5.91 Å². The first-order valence-electron chi connectivity index (χ1n) is 17.4. The van der Waals surface area contributed by atoms with Gasteiger partial charge in [0.05, 0.1) is 17.5 Å². The van der Waals surface area contributed by atoms with E-state index < -0.39 is 18.1 Å². The van der Waals surface area contributed by atoms with Gasteiger partial charge in [0.2, 0.25) is 11.8 Å². The summed E-state index contributed by atoms with van der Waals surface area (Å²) in [6.07, 6.45) is 4.24. The van der Waals surface area contributed by atoms with Crippen molar-refractivity contribution in [3.8, 4) is 0 Å². The van der Waals surface area contributed by atoms with Gasteiger partial charge in [-0.1, -0.05) is 13.8 Å². The molecule has 1 aromatic carbocycles. The number of likely N-dealkylation sites (N-methyl/N-ethyl adjacent to an activating group) is 1. The lowest BCUT2D eigenvalue weighted by Crippen LogP contribution is -2.49. The molecule has 278 valence electrons. The van der Waals surface area contributed by atoms with Crippen LogP contribution in [0.1, 0.15) is 88.6 Å². The Balaban J connectivity index is 2.03. The van der Waals surface area contributed by atoms with Gasteiger partial charge in [0.1, 0.15) is 23.4 Å². The maximum Gasteiger partial charge on any atom is 0.326 e. The number of Topliss-reactive ketones (excluding diaryl/α,β-unsaturated/α-hetero) is 3. The molecule has 0 aromatic heterocycles. The van der Waals surface area contributed by atoms with Crippen LogP contribution in [0.25, 0.3) is 0 Å². The molecule has 14 heteroatoms. The summed E-state index contributed by atoms with van der Waals surface area (Å²) in [7, 11) is 1.67. The van der Waals surface area contributed by atoms with E-state index in [1.165, 1.54) is 28.4 Å². The summed E-state index contributed by atoms with van der Waals surface area (Å²) in [5, 5.41) is 18.1. The number of nitrogens with zero attached hydrogens (tertiary/aromatic N) is 1. The van der Waals surface area contributed by atoms with Crippen molar-refractivity contribution in [1.82, 2.24) is 15.5 Å². The number of carboxylic acids is 1. The zero-order chi connectivity index (χ0) is 37.2. The van der Waals surface area contributed by atoms with Crippen molar-refractivity contribution in [2.45, 2.75) is 91.1 Å². The van der Waals surface area contributed by atoms with Crippen molar-refractivity contribution in [3.63, 3.8) is 0 Å². The van der Waals surface area contributed by atoms with Crippen LogP contribution in [0, 0.1) is 11.8 Å². The summed E-state index contributed by atoms with van der Waals surface area (Å²) in [4.78, 5) is 88.3. The number of ketones is 3. The van der Waals surface area contributed by atoms with Gasteiger partial charge >= 0.3 is 5.97 Å². The SMILES string of the molecule is CC[C@@H](CSCC(=O)Cc1cc(NC(=O)CSC[C@H](CC)C(C)=O)cc(C(=O)NCCCC[C@H](NC)C(=O)N2CCC[C@H]2C(=O)O)c1)C(C)=O. The number of hydrogen-bond donors (Lipinski definition) is 4. The van der Waals surface area contributed by atoms with E-state index >= 15 is 0 Å². The highest BCUT2D eigenvalue weighted by Gasteiger charge is 2.36. The van der Waals surface area contributed by atoms with Crippen LogP contribution < -0.4 is 16.0 Å². The number of amides is 3. The Hall–Kier alpha value is -3.23. The zero-order valence-corrected chi connectivity index (χ0v) is 31.6. The molecule has 2 rings (SSSR count). The number of nitrogens with one attached hydrogen (secondary N) is 3. The highest BCUT2D eigenvalue weighted by atomic mass is 32.2. The smallest absolute Gasteiger partial charge is 0.326 e. The summed E-state index contributed by atoms with van der Waals surface area (Å²) in [5.74, 6) is -0.525. The van der Waals surface area contributed by atoms with E-state index in [1.807, 2.05) is 13.8 Å². The van der Waals surface area contributed by atoms with Crippen LogP contribution in [-0.2, 0) is 35.2 Å². The van der Waals surface area contributed by atoms with Crippen molar-refractivity contribution in [1.29, 1.82) is 0 Å². The fourth-order valence-electron chi connectivity index (χ4n) is 5.78. The largest absolute Gasteiger partial charge is 0.480 e. The molecule has 0 spiro atoms. The third kappa shape index (κ3) is 14.6. The van der Waals surface area contributed by atoms with E-state index in [4.69, 9.17) is 0 Å². The molecule has 0 bridgehead atoms. The van der Waals surface area contributed by atoms with E-state index in [0.29, 0.717) is 80.8 Å². The third-order valence-electron chi connectivity index (χ3n) is 8.88. The second kappa shape index (κ2) is 22.6. The Morgan fingerprint density at radius 2 is 1.56 bits per heavy atom. The second-order valence-corrected chi connectivity index (χ2v) is 14.8. The Bertz CT molecular complexity index is 1300. The van der Waals surface area contributed by atoms with E-state index in [1.54, 1.807) is 39.1 Å². The van der Waals surface area contributed by atoms with E-state index in [9.17, 15) is 38.7 Å². The average molecular weight is 735 g/mol. The average Bonchev–Trinajstić information content (AvgIpc) is 3.56. The normalized spacial score (nSPS) is 15.9. The molecule has 3 amide bonds.